The Labute approximate surface area is 124 Å². The van der Waals surface area contributed by atoms with Crippen molar-refractivity contribution in [1.29, 1.82) is 0 Å². The Morgan fingerprint density at radius 3 is 2.19 bits per heavy atom. The van der Waals surface area contributed by atoms with Gasteiger partial charge in [0.15, 0.2) is 0 Å². The second-order valence-electron chi connectivity index (χ2n) is 4.97. The number of Topliss-reactive ketones (excluding diaryl/α,β-unsaturated/α-hetero) is 1. The Bertz CT molecular complexity index is 665. The zero-order valence-corrected chi connectivity index (χ0v) is 13.1. The average molecular weight is 347 g/mol. The van der Waals surface area contributed by atoms with Crippen LogP contribution < -0.4 is 4.74 Å². The molecule has 0 spiro atoms. The summed E-state index contributed by atoms with van der Waals surface area (Å²) in [5.41, 5.74) is 0.888. The van der Waals surface area contributed by atoms with Crippen LogP contribution in [0, 0.1) is 0 Å². The summed E-state index contributed by atoms with van der Waals surface area (Å²) in [5.74, 6) is -0.0996. The molecule has 21 heavy (non-hydrogen) atoms. The van der Waals surface area contributed by atoms with Crippen molar-refractivity contribution in [3.8, 4) is 5.75 Å². The predicted molar refractivity (Wildman–Crippen MR) is 76.7 cm³/mol. The second-order valence-corrected chi connectivity index (χ2v) is 9.16. The van der Waals surface area contributed by atoms with Crippen LogP contribution >= 0.6 is 0 Å². The van der Waals surface area contributed by atoms with E-state index in [0.717, 1.165) is 0 Å². The molecule has 108 valence electrons. The van der Waals surface area contributed by atoms with E-state index in [2.05, 4.69) is 0 Å². The number of ketones is 1. The van der Waals surface area contributed by atoms with Gasteiger partial charge in [0.2, 0.25) is 0 Å². The Morgan fingerprint density at radius 1 is 0.905 bits per heavy atom. The molecule has 2 aromatic carbocycles. The summed E-state index contributed by atoms with van der Waals surface area (Å²) in [5, 5.41) is 0. The van der Waals surface area contributed by atoms with Gasteiger partial charge >= 0.3 is 124 Å². The van der Waals surface area contributed by atoms with Crippen molar-refractivity contribution in [3.63, 3.8) is 0 Å². The maximum absolute atomic E-state index is 12.5. The molecular weight excluding hydrogens is 333 g/mol. The van der Waals surface area contributed by atoms with E-state index in [1.165, 1.54) is 0 Å². The molecule has 0 aliphatic carbocycles. The minimum atomic E-state index is -5.25. The molecule has 0 fully saturated rings. The normalized spacial score (nSPS) is 21.6. The molecule has 0 bridgehead atoms. The third-order valence-corrected chi connectivity index (χ3v) is 6.47. The maximum atomic E-state index is 12.5. The number of carbonyl (C=O) groups excluding carboxylic acids is 1. The van der Waals surface area contributed by atoms with Crippen LogP contribution in [0.3, 0.4) is 0 Å². The molecule has 6 heteroatoms. The van der Waals surface area contributed by atoms with Gasteiger partial charge in [-0.25, -0.2) is 0 Å². The number of para-hydroxylation sites is 1. The van der Waals surface area contributed by atoms with Gasteiger partial charge in [-0.1, -0.05) is 0 Å². The number of ether oxygens (including phenoxy) is 1. The topological polar surface area (TPSA) is 87.0 Å². The van der Waals surface area contributed by atoms with Gasteiger partial charge in [-0.3, -0.25) is 0 Å². The first-order valence-electron chi connectivity index (χ1n) is 6.50. The fourth-order valence-corrected chi connectivity index (χ4v) is 5.03. The quantitative estimate of drug-likeness (QED) is 0.713. The number of fused-ring (bicyclic) bond motifs is 1. The standard InChI is InChI=1S/C15H14GeO5/c17-14-11-8-4-5-9-12(11)21-15(13(14)16(18,19)20)10-6-2-1-3-7-10/h1-9,13,15,18-20H. The number of hydrogen-bond donors (Lipinski definition) is 3. The molecule has 0 amide bonds. The first-order valence-corrected chi connectivity index (χ1v) is 10.5. The van der Waals surface area contributed by atoms with Crippen molar-refractivity contribution in [2.45, 2.75) is 10.9 Å². The molecule has 0 radical (unpaired) electrons. The van der Waals surface area contributed by atoms with Gasteiger partial charge in [-0.2, -0.15) is 0 Å². The van der Waals surface area contributed by atoms with Gasteiger partial charge in [0.25, 0.3) is 0 Å². The SMILES string of the molecule is O=C1c2ccccc2OC(c2ccccc2)[CH]1[Ge]([OH])([OH])[OH]. The van der Waals surface area contributed by atoms with Crippen molar-refractivity contribution < 1.29 is 21.9 Å². The summed E-state index contributed by atoms with van der Waals surface area (Å²) in [6, 6.07) is 15.4. The van der Waals surface area contributed by atoms with Crippen LogP contribution in [0.4, 0.5) is 0 Å². The van der Waals surface area contributed by atoms with Crippen molar-refractivity contribution in [2.24, 2.45) is 0 Å². The van der Waals surface area contributed by atoms with Crippen LogP contribution in [0.5, 0.6) is 5.75 Å². The molecule has 2 aromatic rings. The zero-order valence-electron chi connectivity index (χ0n) is 11.0. The van der Waals surface area contributed by atoms with E-state index in [1.54, 1.807) is 48.5 Å². The molecule has 0 saturated carbocycles. The Balaban J connectivity index is 2.12. The van der Waals surface area contributed by atoms with Crippen molar-refractivity contribution >= 4 is 20.1 Å². The summed E-state index contributed by atoms with van der Waals surface area (Å²) in [7, 11) is 0. The monoisotopic (exact) mass is 348 g/mol. The molecule has 2 unspecified atom stereocenters. The van der Waals surface area contributed by atoms with Gasteiger partial charge in [0.1, 0.15) is 0 Å². The molecule has 5 nitrogen and oxygen atoms in total. The van der Waals surface area contributed by atoms with Crippen LogP contribution in [0.1, 0.15) is 22.0 Å². The molecule has 1 aliphatic rings. The molecule has 2 atom stereocenters. The predicted octanol–water partition coefficient (Wildman–Crippen LogP) is 1.29. The van der Waals surface area contributed by atoms with E-state index in [0.29, 0.717) is 11.3 Å². The first kappa shape index (κ1) is 14.3. The van der Waals surface area contributed by atoms with Gasteiger partial charge in [-0.05, 0) is 0 Å². The fraction of sp³-hybridized carbons (Fsp3) is 0.133. The minimum absolute atomic E-state index is 0.266. The van der Waals surface area contributed by atoms with E-state index >= 15 is 0 Å². The molecule has 3 rings (SSSR count). The van der Waals surface area contributed by atoms with Crippen molar-refractivity contribution in [3.05, 3.63) is 65.7 Å². The molecule has 0 saturated heterocycles. The number of hydrogen-bond acceptors (Lipinski definition) is 5. The first-order chi connectivity index (χ1) is 9.98. The van der Waals surface area contributed by atoms with Crippen LogP contribution in [0.15, 0.2) is 54.6 Å². The number of rotatable bonds is 2. The number of carbonyl (C=O) groups is 1. The van der Waals surface area contributed by atoms with Crippen molar-refractivity contribution in [1.82, 2.24) is 0 Å². The van der Waals surface area contributed by atoms with Crippen molar-refractivity contribution in [2.75, 3.05) is 0 Å². The van der Waals surface area contributed by atoms with Crippen LogP contribution in [-0.4, -0.2) is 32.5 Å². The van der Waals surface area contributed by atoms with Gasteiger partial charge in [-0.15, -0.1) is 0 Å². The van der Waals surface area contributed by atoms with E-state index in [9.17, 15) is 17.2 Å². The van der Waals surface area contributed by atoms with Gasteiger partial charge in [0, 0.05) is 0 Å². The Hall–Kier alpha value is -1.67. The molecule has 1 aliphatic heterocycles. The summed E-state index contributed by atoms with van der Waals surface area (Å²) < 4.78 is 33.7. The molecule has 0 aromatic heterocycles. The van der Waals surface area contributed by atoms with E-state index in [1.807, 2.05) is 6.07 Å². The summed E-state index contributed by atoms with van der Waals surface area (Å²) in [6.07, 6.45) is -0.895. The van der Waals surface area contributed by atoms with Gasteiger partial charge < -0.3 is 0 Å². The fourth-order valence-electron chi connectivity index (χ4n) is 2.56. The average Bonchev–Trinajstić information content (AvgIpc) is 2.46. The van der Waals surface area contributed by atoms with Crippen LogP contribution in [-0.2, 0) is 0 Å². The third-order valence-electron chi connectivity index (χ3n) is 3.54. The van der Waals surface area contributed by atoms with E-state index in [-0.39, 0.29) is 5.56 Å². The van der Waals surface area contributed by atoms with Crippen LogP contribution in [0.25, 0.3) is 0 Å². The molecular formula is C15H14GeO5. The van der Waals surface area contributed by atoms with E-state index in [4.69, 9.17) is 4.74 Å². The third kappa shape index (κ3) is 2.60. The number of benzene rings is 2. The van der Waals surface area contributed by atoms with E-state index < -0.39 is 30.9 Å². The zero-order chi connectivity index (χ0) is 15.0. The Kier molecular flexibility index (Phi) is 3.58. The summed E-state index contributed by atoms with van der Waals surface area (Å²) >= 11 is -5.25. The molecule has 1 heterocycles. The van der Waals surface area contributed by atoms with Crippen LogP contribution in [0.2, 0.25) is 4.75 Å². The Morgan fingerprint density at radius 2 is 1.52 bits per heavy atom. The summed E-state index contributed by atoms with van der Waals surface area (Å²) in [6.45, 7) is 0. The molecule has 3 N–H and O–H groups in total. The summed E-state index contributed by atoms with van der Waals surface area (Å²) in [4.78, 5) is 12.5. The second kappa shape index (κ2) is 5.27. The van der Waals surface area contributed by atoms with Gasteiger partial charge in [0.05, 0.1) is 0 Å².